The molecule has 0 bridgehead atoms. The van der Waals surface area contributed by atoms with Crippen LogP contribution < -0.4 is 0 Å². The smallest absolute Gasteiger partial charge is 0.182 e. The quantitative estimate of drug-likeness (QED) is 0.440. The number of aromatic nitrogens is 2. The molecule has 0 N–H and O–H groups in total. The number of halogens is 1. The first-order valence-corrected chi connectivity index (χ1v) is 8.81. The Bertz CT molecular complexity index is 1050. The Kier molecular flexibility index (Phi) is 4.20. The van der Waals surface area contributed by atoms with Gasteiger partial charge in [0.05, 0.1) is 17.6 Å². The van der Waals surface area contributed by atoms with Crippen molar-refractivity contribution in [2.45, 2.75) is 6.54 Å². The van der Waals surface area contributed by atoms with Crippen LogP contribution in [0.4, 0.5) is 0 Å². The minimum Gasteiger partial charge on any atom is -0.316 e. The SMILES string of the molecule is O=C(Cn1c(-c2cccc(Br)c2)nc2ccccc21)c1ccccc1. The third-order valence-electron chi connectivity index (χ3n) is 4.13. The van der Waals surface area contributed by atoms with Gasteiger partial charge in [-0.25, -0.2) is 4.98 Å². The molecule has 0 fully saturated rings. The molecule has 0 aliphatic carbocycles. The number of rotatable bonds is 4. The molecule has 122 valence electrons. The molecule has 0 amide bonds. The standard InChI is InChI=1S/C21H15BrN2O/c22-17-10-6-9-16(13-17)21-23-18-11-4-5-12-19(18)24(21)14-20(25)15-7-2-1-3-8-15/h1-13H,14H2. The summed E-state index contributed by atoms with van der Waals surface area (Å²) in [5.74, 6) is 0.867. The summed E-state index contributed by atoms with van der Waals surface area (Å²) in [6, 6.07) is 25.3. The minimum atomic E-state index is 0.0694. The fraction of sp³-hybridized carbons (Fsp3) is 0.0476. The van der Waals surface area contributed by atoms with Gasteiger partial charge in [0.25, 0.3) is 0 Å². The average molecular weight is 391 g/mol. The first kappa shape index (κ1) is 15.8. The highest BCUT2D eigenvalue weighted by molar-refractivity contribution is 9.10. The van der Waals surface area contributed by atoms with Gasteiger partial charge in [0.1, 0.15) is 5.82 Å². The number of fused-ring (bicyclic) bond motifs is 1. The van der Waals surface area contributed by atoms with E-state index in [9.17, 15) is 4.79 Å². The van der Waals surface area contributed by atoms with Crippen LogP contribution in [-0.2, 0) is 6.54 Å². The second-order valence-corrected chi connectivity index (χ2v) is 6.73. The van der Waals surface area contributed by atoms with E-state index in [1.54, 1.807) is 0 Å². The van der Waals surface area contributed by atoms with E-state index in [-0.39, 0.29) is 12.3 Å². The van der Waals surface area contributed by atoms with Crippen molar-refractivity contribution in [2.24, 2.45) is 0 Å². The van der Waals surface area contributed by atoms with Crippen molar-refractivity contribution in [1.82, 2.24) is 9.55 Å². The van der Waals surface area contributed by atoms with E-state index in [0.717, 1.165) is 26.9 Å². The molecule has 3 aromatic carbocycles. The molecule has 4 rings (SSSR count). The van der Waals surface area contributed by atoms with Crippen LogP contribution in [0.25, 0.3) is 22.4 Å². The van der Waals surface area contributed by atoms with Gasteiger partial charge >= 0.3 is 0 Å². The van der Waals surface area contributed by atoms with Crippen LogP contribution in [0.5, 0.6) is 0 Å². The summed E-state index contributed by atoms with van der Waals surface area (Å²) in [5.41, 5.74) is 3.53. The summed E-state index contributed by atoms with van der Waals surface area (Å²) in [5, 5.41) is 0. The van der Waals surface area contributed by atoms with E-state index in [1.165, 1.54) is 0 Å². The first-order chi connectivity index (χ1) is 12.2. The Balaban J connectivity index is 1.84. The average Bonchev–Trinajstić information content (AvgIpc) is 3.01. The maximum atomic E-state index is 12.7. The highest BCUT2D eigenvalue weighted by atomic mass is 79.9. The van der Waals surface area contributed by atoms with Crippen LogP contribution in [0.3, 0.4) is 0 Å². The van der Waals surface area contributed by atoms with Gasteiger partial charge in [-0.3, -0.25) is 4.79 Å². The Morgan fingerprint density at radius 1 is 0.920 bits per heavy atom. The molecular formula is C21H15BrN2O. The zero-order chi connectivity index (χ0) is 17.2. The molecule has 0 aliphatic rings. The van der Waals surface area contributed by atoms with Crippen molar-refractivity contribution in [3.05, 3.63) is 88.9 Å². The van der Waals surface area contributed by atoms with Crippen LogP contribution in [0, 0.1) is 0 Å². The third-order valence-corrected chi connectivity index (χ3v) is 4.63. The highest BCUT2D eigenvalue weighted by Gasteiger charge is 2.16. The van der Waals surface area contributed by atoms with Crippen LogP contribution in [-0.4, -0.2) is 15.3 Å². The van der Waals surface area contributed by atoms with Gasteiger partial charge in [0.2, 0.25) is 0 Å². The number of benzene rings is 3. The number of ketones is 1. The van der Waals surface area contributed by atoms with E-state index >= 15 is 0 Å². The predicted molar refractivity (Wildman–Crippen MR) is 104 cm³/mol. The van der Waals surface area contributed by atoms with Gasteiger partial charge < -0.3 is 4.57 Å². The molecule has 0 radical (unpaired) electrons. The molecule has 0 saturated heterocycles. The zero-order valence-corrected chi connectivity index (χ0v) is 15.0. The number of hydrogen-bond donors (Lipinski definition) is 0. The summed E-state index contributed by atoms with van der Waals surface area (Å²) in [7, 11) is 0. The molecule has 0 atom stereocenters. The number of carbonyl (C=O) groups excluding carboxylic acids is 1. The maximum Gasteiger partial charge on any atom is 0.182 e. The van der Waals surface area contributed by atoms with Crippen molar-refractivity contribution in [1.29, 1.82) is 0 Å². The summed E-state index contributed by atoms with van der Waals surface area (Å²) >= 11 is 3.51. The number of hydrogen-bond acceptors (Lipinski definition) is 2. The number of carbonyl (C=O) groups is 1. The Hall–Kier alpha value is -2.72. The van der Waals surface area contributed by atoms with E-state index < -0.39 is 0 Å². The van der Waals surface area contributed by atoms with Crippen LogP contribution in [0.1, 0.15) is 10.4 Å². The lowest BCUT2D eigenvalue weighted by Gasteiger charge is -2.09. The van der Waals surface area contributed by atoms with Gasteiger partial charge in [0.15, 0.2) is 5.78 Å². The molecule has 1 aromatic heterocycles. The van der Waals surface area contributed by atoms with Gasteiger partial charge in [0, 0.05) is 15.6 Å². The number of Topliss-reactive ketones (excluding diaryl/α,β-unsaturated/α-hetero) is 1. The van der Waals surface area contributed by atoms with E-state index in [0.29, 0.717) is 5.56 Å². The monoisotopic (exact) mass is 390 g/mol. The fourth-order valence-corrected chi connectivity index (χ4v) is 3.34. The Morgan fingerprint density at radius 2 is 1.68 bits per heavy atom. The number of nitrogens with zero attached hydrogens (tertiary/aromatic N) is 2. The zero-order valence-electron chi connectivity index (χ0n) is 13.4. The van der Waals surface area contributed by atoms with Crippen molar-refractivity contribution in [3.63, 3.8) is 0 Å². The highest BCUT2D eigenvalue weighted by Crippen LogP contribution is 2.27. The predicted octanol–water partition coefficient (Wildman–Crippen LogP) is 5.35. The second-order valence-electron chi connectivity index (χ2n) is 5.81. The van der Waals surface area contributed by atoms with E-state index in [4.69, 9.17) is 4.98 Å². The van der Waals surface area contributed by atoms with Crippen molar-refractivity contribution >= 4 is 32.7 Å². The van der Waals surface area contributed by atoms with Crippen LogP contribution in [0.15, 0.2) is 83.3 Å². The molecular weight excluding hydrogens is 376 g/mol. The van der Waals surface area contributed by atoms with Crippen molar-refractivity contribution < 1.29 is 4.79 Å². The second kappa shape index (κ2) is 6.65. The lowest BCUT2D eigenvalue weighted by atomic mass is 10.1. The molecule has 1 heterocycles. The molecule has 4 heteroatoms. The normalized spacial score (nSPS) is 10.9. The summed E-state index contributed by atoms with van der Waals surface area (Å²) in [6.45, 7) is 0.256. The minimum absolute atomic E-state index is 0.0694. The van der Waals surface area contributed by atoms with Gasteiger partial charge in [-0.1, -0.05) is 70.5 Å². The molecule has 0 unspecified atom stereocenters. The molecule has 0 aliphatic heterocycles. The van der Waals surface area contributed by atoms with Crippen molar-refractivity contribution in [2.75, 3.05) is 0 Å². The number of para-hydroxylation sites is 2. The summed E-state index contributed by atoms with van der Waals surface area (Å²) < 4.78 is 2.98. The third kappa shape index (κ3) is 3.13. The largest absolute Gasteiger partial charge is 0.316 e. The topological polar surface area (TPSA) is 34.9 Å². The van der Waals surface area contributed by atoms with E-state index in [1.807, 2.05) is 83.4 Å². The molecule has 3 nitrogen and oxygen atoms in total. The van der Waals surface area contributed by atoms with Crippen LogP contribution in [0.2, 0.25) is 0 Å². The fourth-order valence-electron chi connectivity index (χ4n) is 2.94. The lowest BCUT2D eigenvalue weighted by molar-refractivity contribution is 0.0974. The lowest BCUT2D eigenvalue weighted by Crippen LogP contribution is -2.11. The van der Waals surface area contributed by atoms with Crippen molar-refractivity contribution in [3.8, 4) is 11.4 Å². The Labute approximate surface area is 154 Å². The summed E-state index contributed by atoms with van der Waals surface area (Å²) in [6.07, 6.45) is 0. The van der Waals surface area contributed by atoms with Gasteiger partial charge in [-0.05, 0) is 24.3 Å². The molecule has 4 aromatic rings. The Morgan fingerprint density at radius 3 is 2.48 bits per heavy atom. The number of imidazole rings is 1. The molecule has 0 spiro atoms. The first-order valence-electron chi connectivity index (χ1n) is 8.02. The summed E-state index contributed by atoms with van der Waals surface area (Å²) in [4.78, 5) is 17.5. The molecule has 0 saturated carbocycles. The van der Waals surface area contributed by atoms with Gasteiger partial charge in [-0.2, -0.15) is 0 Å². The molecule has 25 heavy (non-hydrogen) atoms. The van der Waals surface area contributed by atoms with Gasteiger partial charge in [-0.15, -0.1) is 0 Å². The van der Waals surface area contributed by atoms with E-state index in [2.05, 4.69) is 15.9 Å². The van der Waals surface area contributed by atoms with Crippen LogP contribution >= 0.6 is 15.9 Å². The maximum absolute atomic E-state index is 12.7.